The van der Waals surface area contributed by atoms with Gasteiger partial charge in [-0.1, -0.05) is 18.2 Å². The fraction of sp³-hybridized carbons (Fsp3) is 0.421. The summed E-state index contributed by atoms with van der Waals surface area (Å²) in [6.07, 6.45) is 3.46. The maximum atomic E-state index is 13.0. The van der Waals surface area contributed by atoms with Crippen LogP contribution in [-0.4, -0.2) is 35.5 Å². The lowest BCUT2D eigenvalue weighted by molar-refractivity contribution is -0.121. The van der Waals surface area contributed by atoms with Gasteiger partial charge in [0.05, 0.1) is 5.92 Å². The second kappa shape index (κ2) is 5.89. The molecule has 0 N–H and O–H groups in total. The van der Waals surface area contributed by atoms with E-state index in [-0.39, 0.29) is 11.8 Å². The number of aromatic nitrogens is 2. The van der Waals surface area contributed by atoms with Crippen LogP contribution in [0, 0.1) is 19.8 Å². The summed E-state index contributed by atoms with van der Waals surface area (Å²) in [6.45, 7) is 6.48. The summed E-state index contributed by atoms with van der Waals surface area (Å²) in [5.74, 6) is 1.27. The standard InChI is InChI=1S/C19H22N4O/c1-13-14(2)20-12-21-18(13)22-9-7-16(11-22)19(24)23-10-8-15-5-3-4-6-17(15)23/h3-6,12,16H,7-11H2,1-2H3. The minimum absolute atomic E-state index is 0.0471. The van der Waals surface area contributed by atoms with E-state index in [1.54, 1.807) is 6.33 Å². The Kier molecular flexibility index (Phi) is 3.71. The molecule has 0 saturated carbocycles. The van der Waals surface area contributed by atoms with Crippen molar-refractivity contribution in [2.75, 3.05) is 29.4 Å². The number of amides is 1. The predicted molar refractivity (Wildman–Crippen MR) is 94.3 cm³/mol. The summed E-state index contributed by atoms with van der Waals surface area (Å²) < 4.78 is 0. The Bertz CT molecular complexity index is 789. The van der Waals surface area contributed by atoms with Gasteiger partial charge < -0.3 is 9.80 Å². The van der Waals surface area contributed by atoms with Gasteiger partial charge in [-0.2, -0.15) is 0 Å². The molecule has 1 saturated heterocycles. The molecule has 1 aromatic carbocycles. The minimum Gasteiger partial charge on any atom is -0.355 e. The number of benzene rings is 1. The zero-order valence-electron chi connectivity index (χ0n) is 14.2. The van der Waals surface area contributed by atoms with Gasteiger partial charge in [0.25, 0.3) is 0 Å². The number of aryl methyl sites for hydroxylation is 1. The van der Waals surface area contributed by atoms with E-state index in [1.165, 1.54) is 5.56 Å². The highest BCUT2D eigenvalue weighted by molar-refractivity contribution is 5.97. The molecule has 1 amide bonds. The Morgan fingerprint density at radius 1 is 1.17 bits per heavy atom. The summed E-state index contributed by atoms with van der Waals surface area (Å²) in [5, 5.41) is 0. The third kappa shape index (κ3) is 2.44. The largest absolute Gasteiger partial charge is 0.355 e. The van der Waals surface area contributed by atoms with Crippen molar-refractivity contribution in [3.63, 3.8) is 0 Å². The molecule has 5 nitrogen and oxygen atoms in total. The number of para-hydroxylation sites is 1. The molecular weight excluding hydrogens is 300 g/mol. The third-order valence-corrected chi connectivity index (χ3v) is 5.30. The molecule has 0 spiro atoms. The van der Waals surface area contributed by atoms with Crippen LogP contribution in [0.3, 0.4) is 0 Å². The lowest BCUT2D eigenvalue weighted by Crippen LogP contribution is -2.36. The molecule has 4 rings (SSSR count). The van der Waals surface area contributed by atoms with Crippen LogP contribution < -0.4 is 9.80 Å². The number of hydrogen-bond donors (Lipinski definition) is 0. The van der Waals surface area contributed by atoms with Crippen LogP contribution in [0.5, 0.6) is 0 Å². The molecule has 3 heterocycles. The number of nitrogens with zero attached hydrogens (tertiary/aromatic N) is 4. The molecule has 1 aromatic heterocycles. The van der Waals surface area contributed by atoms with E-state index in [0.29, 0.717) is 0 Å². The molecular formula is C19H22N4O. The van der Waals surface area contributed by atoms with Gasteiger partial charge in [0.2, 0.25) is 5.91 Å². The van der Waals surface area contributed by atoms with Crippen molar-refractivity contribution in [1.29, 1.82) is 0 Å². The van der Waals surface area contributed by atoms with Gasteiger partial charge in [-0.3, -0.25) is 4.79 Å². The quantitative estimate of drug-likeness (QED) is 0.852. The van der Waals surface area contributed by atoms with Crippen LogP contribution in [0.1, 0.15) is 23.2 Å². The number of anilines is 2. The average molecular weight is 322 g/mol. The van der Waals surface area contributed by atoms with E-state index in [0.717, 1.165) is 55.2 Å². The van der Waals surface area contributed by atoms with Gasteiger partial charge in [0, 0.05) is 36.6 Å². The summed E-state index contributed by atoms with van der Waals surface area (Å²) >= 11 is 0. The highest BCUT2D eigenvalue weighted by atomic mass is 16.2. The maximum absolute atomic E-state index is 13.0. The molecule has 2 aromatic rings. The summed E-state index contributed by atoms with van der Waals surface area (Å²) in [7, 11) is 0. The molecule has 2 aliphatic rings. The zero-order chi connectivity index (χ0) is 16.7. The Morgan fingerprint density at radius 2 is 2.00 bits per heavy atom. The topological polar surface area (TPSA) is 49.3 Å². The van der Waals surface area contributed by atoms with Crippen molar-refractivity contribution in [1.82, 2.24) is 9.97 Å². The fourth-order valence-electron chi connectivity index (χ4n) is 3.79. The van der Waals surface area contributed by atoms with Crippen molar-refractivity contribution < 1.29 is 4.79 Å². The van der Waals surface area contributed by atoms with Crippen molar-refractivity contribution in [2.24, 2.45) is 5.92 Å². The fourth-order valence-corrected chi connectivity index (χ4v) is 3.79. The molecule has 0 bridgehead atoms. The number of hydrogen-bond acceptors (Lipinski definition) is 4. The van der Waals surface area contributed by atoms with Gasteiger partial charge in [-0.05, 0) is 38.3 Å². The van der Waals surface area contributed by atoms with E-state index < -0.39 is 0 Å². The van der Waals surface area contributed by atoms with E-state index in [1.807, 2.05) is 24.0 Å². The maximum Gasteiger partial charge on any atom is 0.231 e. The smallest absolute Gasteiger partial charge is 0.231 e. The molecule has 1 atom stereocenters. The van der Waals surface area contributed by atoms with Crippen LogP contribution in [-0.2, 0) is 11.2 Å². The first-order chi connectivity index (χ1) is 11.6. The Labute approximate surface area is 142 Å². The number of rotatable bonds is 2. The molecule has 2 aliphatic heterocycles. The van der Waals surface area contributed by atoms with Crippen LogP contribution >= 0.6 is 0 Å². The highest BCUT2D eigenvalue weighted by Gasteiger charge is 2.35. The molecule has 1 unspecified atom stereocenters. The van der Waals surface area contributed by atoms with Gasteiger partial charge in [0.15, 0.2) is 0 Å². The molecule has 0 radical (unpaired) electrons. The molecule has 124 valence electrons. The van der Waals surface area contributed by atoms with Crippen LogP contribution in [0.15, 0.2) is 30.6 Å². The van der Waals surface area contributed by atoms with Crippen LogP contribution in [0.2, 0.25) is 0 Å². The van der Waals surface area contributed by atoms with Crippen molar-refractivity contribution >= 4 is 17.4 Å². The second-order valence-electron chi connectivity index (χ2n) is 6.71. The van der Waals surface area contributed by atoms with Crippen LogP contribution in [0.4, 0.5) is 11.5 Å². The normalized spacial score (nSPS) is 19.7. The minimum atomic E-state index is 0.0471. The van der Waals surface area contributed by atoms with Gasteiger partial charge in [0.1, 0.15) is 12.1 Å². The lowest BCUT2D eigenvalue weighted by Gasteiger charge is -2.23. The van der Waals surface area contributed by atoms with E-state index >= 15 is 0 Å². The van der Waals surface area contributed by atoms with E-state index in [4.69, 9.17) is 0 Å². The Hall–Kier alpha value is -2.43. The third-order valence-electron chi connectivity index (χ3n) is 5.30. The molecule has 0 aliphatic carbocycles. The first kappa shape index (κ1) is 15.1. The van der Waals surface area contributed by atoms with Gasteiger partial charge >= 0.3 is 0 Å². The summed E-state index contributed by atoms with van der Waals surface area (Å²) in [5.41, 5.74) is 4.48. The SMILES string of the molecule is Cc1ncnc(N2CCC(C(=O)N3CCc4ccccc43)C2)c1C. The predicted octanol–water partition coefficient (Wildman–Crippen LogP) is 2.51. The number of carbonyl (C=O) groups is 1. The molecule has 24 heavy (non-hydrogen) atoms. The lowest BCUT2D eigenvalue weighted by atomic mass is 10.1. The summed E-state index contributed by atoms with van der Waals surface area (Å²) in [4.78, 5) is 25.9. The molecule has 1 fully saturated rings. The van der Waals surface area contributed by atoms with Gasteiger partial charge in [-0.25, -0.2) is 9.97 Å². The average Bonchev–Trinajstić information content (AvgIpc) is 3.24. The number of fused-ring (bicyclic) bond motifs is 1. The molecule has 5 heteroatoms. The van der Waals surface area contributed by atoms with Crippen molar-refractivity contribution in [3.8, 4) is 0 Å². The van der Waals surface area contributed by atoms with Crippen LogP contribution in [0.25, 0.3) is 0 Å². The first-order valence-corrected chi connectivity index (χ1v) is 8.57. The first-order valence-electron chi connectivity index (χ1n) is 8.57. The van der Waals surface area contributed by atoms with Crippen molar-refractivity contribution in [3.05, 3.63) is 47.4 Å². The van der Waals surface area contributed by atoms with E-state index in [9.17, 15) is 4.79 Å². The zero-order valence-corrected chi connectivity index (χ0v) is 14.2. The van der Waals surface area contributed by atoms with Gasteiger partial charge in [-0.15, -0.1) is 0 Å². The Balaban J connectivity index is 1.51. The second-order valence-corrected chi connectivity index (χ2v) is 6.71. The highest BCUT2D eigenvalue weighted by Crippen LogP contribution is 2.32. The van der Waals surface area contributed by atoms with E-state index in [2.05, 4.69) is 33.9 Å². The van der Waals surface area contributed by atoms with Crippen molar-refractivity contribution in [2.45, 2.75) is 26.7 Å². The number of carbonyl (C=O) groups excluding carboxylic acids is 1. The monoisotopic (exact) mass is 322 g/mol. The summed E-state index contributed by atoms with van der Waals surface area (Å²) in [6, 6.07) is 8.24. The Morgan fingerprint density at radius 3 is 2.88 bits per heavy atom.